The van der Waals surface area contributed by atoms with E-state index in [1.54, 1.807) is 6.92 Å². The van der Waals surface area contributed by atoms with E-state index >= 15 is 0 Å². The Hall–Kier alpha value is -0.0800. The van der Waals surface area contributed by atoms with E-state index in [0.29, 0.717) is 0 Å². The standard InChI is InChI=1S/C7H13N.C2H6O/c1-2-6-4-8-5-7(6)3-1;1-2-3/h6-8H,1-5H2;3H,2H2,1H3. The van der Waals surface area contributed by atoms with Crippen LogP contribution in [0.25, 0.3) is 0 Å². The van der Waals surface area contributed by atoms with Crippen LogP contribution in [-0.4, -0.2) is 24.8 Å². The molecule has 2 fully saturated rings. The normalized spacial score (nSPS) is 34.4. The summed E-state index contributed by atoms with van der Waals surface area (Å²) in [5, 5.41) is 11.0. The molecular weight excluding hydrogens is 138 g/mol. The molecule has 0 amide bonds. The van der Waals surface area contributed by atoms with E-state index in [0.717, 1.165) is 11.8 Å². The molecule has 2 unspecified atom stereocenters. The predicted octanol–water partition coefficient (Wildman–Crippen LogP) is 1.00. The highest BCUT2D eigenvalue weighted by molar-refractivity contribution is 4.85. The minimum Gasteiger partial charge on any atom is -0.397 e. The highest BCUT2D eigenvalue weighted by atomic mass is 16.2. The first kappa shape index (κ1) is 9.01. The van der Waals surface area contributed by atoms with Gasteiger partial charge in [0.25, 0.3) is 0 Å². The third-order valence-corrected chi connectivity index (χ3v) is 2.63. The second-order valence-corrected chi connectivity index (χ2v) is 3.43. The van der Waals surface area contributed by atoms with Gasteiger partial charge in [0.2, 0.25) is 0 Å². The number of hydrogen-bond acceptors (Lipinski definition) is 2. The molecule has 2 N–H and O–H groups in total. The van der Waals surface area contributed by atoms with E-state index in [1.165, 1.54) is 32.4 Å². The van der Waals surface area contributed by atoms with Crippen LogP contribution in [0, 0.1) is 11.8 Å². The van der Waals surface area contributed by atoms with Crippen LogP contribution in [0.4, 0.5) is 0 Å². The number of aliphatic hydroxyl groups is 1. The van der Waals surface area contributed by atoms with Gasteiger partial charge in [0, 0.05) is 6.61 Å². The molecule has 0 aromatic rings. The van der Waals surface area contributed by atoms with Crippen LogP contribution in [0.3, 0.4) is 0 Å². The largest absolute Gasteiger partial charge is 0.397 e. The number of aliphatic hydroxyl groups excluding tert-OH is 1. The molecule has 2 rings (SSSR count). The lowest BCUT2D eigenvalue weighted by Crippen LogP contribution is -2.08. The second kappa shape index (κ2) is 4.73. The van der Waals surface area contributed by atoms with Crippen LogP contribution >= 0.6 is 0 Å². The van der Waals surface area contributed by atoms with E-state index < -0.39 is 0 Å². The van der Waals surface area contributed by atoms with Gasteiger partial charge in [0.15, 0.2) is 0 Å². The lowest BCUT2D eigenvalue weighted by Gasteiger charge is -2.02. The topological polar surface area (TPSA) is 32.3 Å². The molecule has 0 aromatic carbocycles. The number of fused-ring (bicyclic) bond motifs is 1. The van der Waals surface area contributed by atoms with Gasteiger partial charge in [-0.15, -0.1) is 0 Å². The summed E-state index contributed by atoms with van der Waals surface area (Å²) >= 11 is 0. The van der Waals surface area contributed by atoms with Crippen molar-refractivity contribution in [3.05, 3.63) is 0 Å². The SMILES string of the molecule is C1CC2CNCC2C1.CCO. The van der Waals surface area contributed by atoms with Gasteiger partial charge in [-0.1, -0.05) is 6.42 Å². The Morgan fingerprint density at radius 2 is 1.73 bits per heavy atom. The third-order valence-electron chi connectivity index (χ3n) is 2.63. The van der Waals surface area contributed by atoms with Crippen LogP contribution in [0.5, 0.6) is 0 Å². The fraction of sp³-hybridized carbons (Fsp3) is 1.00. The molecule has 0 radical (unpaired) electrons. The second-order valence-electron chi connectivity index (χ2n) is 3.43. The molecular formula is C9H19NO. The van der Waals surface area contributed by atoms with Crippen molar-refractivity contribution in [2.75, 3.05) is 19.7 Å². The van der Waals surface area contributed by atoms with Gasteiger partial charge < -0.3 is 10.4 Å². The summed E-state index contributed by atoms with van der Waals surface area (Å²) < 4.78 is 0. The summed E-state index contributed by atoms with van der Waals surface area (Å²) in [7, 11) is 0. The van der Waals surface area contributed by atoms with E-state index in [2.05, 4.69) is 5.32 Å². The van der Waals surface area contributed by atoms with Crippen molar-refractivity contribution in [2.24, 2.45) is 11.8 Å². The number of nitrogens with one attached hydrogen (secondary N) is 1. The first-order valence-electron chi connectivity index (χ1n) is 4.70. The van der Waals surface area contributed by atoms with Crippen molar-refractivity contribution in [1.82, 2.24) is 5.32 Å². The Bertz CT molecular complexity index is 85.7. The van der Waals surface area contributed by atoms with Gasteiger partial charge in [-0.25, -0.2) is 0 Å². The van der Waals surface area contributed by atoms with E-state index in [1.807, 2.05) is 0 Å². The molecule has 0 bridgehead atoms. The molecule has 1 aliphatic heterocycles. The van der Waals surface area contributed by atoms with Gasteiger partial charge in [-0.3, -0.25) is 0 Å². The molecule has 2 aliphatic rings. The lowest BCUT2D eigenvalue weighted by molar-refractivity contribution is 0.318. The molecule has 1 aliphatic carbocycles. The Labute approximate surface area is 69.0 Å². The third kappa shape index (κ3) is 2.46. The summed E-state index contributed by atoms with van der Waals surface area (Å²) in [5.74, 6) is 2.13. The maximum atomic E-state index is 7.57. The van der Waals surface area contributed by atoms with Crippen molar-refractivity contribution >= 4 is 0 Å². The van der Waals surface area contributed by atoms with Crippen LogP contribution in [0.2, 0.25) is 0 Å². The smallest absolute Gasteiger partial charge is 0.0402 e. The minimum atomic E-state index is 0.250. The summed E-state index contributed by atoms with van der Waals surface area (Å²) in [6.45, 7) is 4.55. The summed E-state index contributed by atoms with van der Waals surface area (Å²) in [6.07, 6.45) is 4.49. The molecule has 2 atom stereocenters. The molecule has 2 nitrogen and oxygen atoms in total. The highest BCUT2D eigenvalue weighted by Crippen LogP contribution is 2.33. The summed E-state index contributed by atoms with van der Waals surface area (Å²) in [6, 6.07) is 0. The molecule has 1 heterocycles. The van der Waals surface area contributed by atoms with Gasteiger partial charge in [0.1, 0.15) is 0 Å². The van der Waals surface area contributed by atoms with Gasteiger partial charge in [-0.05, 0) is 44.7 Å². The van der Waals surface area contributed by atoms with Crippen molar-refractivity contribution in [3.63, 3.8) is 0 Å². The van der Waals surface area contributed by atoms with Crippen molar-refractivity contribution < 1.29 is 5.11 Å². The van der Waals surface area contributed by atoms with Crippen molar-refractivity contribution in [2.45, 2.75) is 26.2 Å². The Morgan fingerprint density at radius 1 is 1.27 bits per heavy atom. The molecule has 1 saturated carbocycles. The zero-order valence-electron chi connectivity index (χ0n) is 7.34. The summed E-state index contributed by atoms with van der Waals surface area (Å²) in [5.41, 5.74) is 0. The van der Waals surface area contributed by atoms with Gasteiger partial charge >= 0.3 is 0 Å². The summed E-state index contributed by atoms with van der Waals surface area (Å²) in [4.78, 5) is 0. The fourth-order valence-corrected chi connectivity index (χ4v) is 2.11. The Balaban J connectivity index is 0.000000179. The van der Waals surface area contributed by atoms with Crippen molar-refractivity contribution in [3.8, 4) is 0 Å². The Morgan fingerprint density at radius 3 is 2.18 bits per heavy atom. The maximum absolute atomic E-state index is 7.57. The zero-order chi connectivity index (χ0) is 8.10. The van der Waals surface area contributed by atoms with E-state index in [4.69, 9.17) is 5.11 Å². The fourth-order valence-electron chi connectivity index (χ4n) is 2.11. The molecule has 0 spiro atoms. The molecule has 2 heteroatoms. The molecule has 66 valence electrons. The Kier molecular flexibility index (Phi) is 3.87. The molecule has 11 heavy (non-hydrogen) atoms. The van der Waals surface area contributed by atoms with Crippen LogP contribution in [0.15, 0.2) is 0 Å². The number of rotatable bonds is 0. The van der Waals surface area contributed by atoms with Crippen LogP contribution in [0.1, 0.15) is 26.2 Å². The van der Waals surface area contributed by atoms with Crippen LogP contribution < -0.4 is 5.32 Å². The van der Waals surface area contributed by atoms with E-state index in [9.17, 15) is 0 Å². The average molecular weight is 157 g/mol. The van der Waals surface area contributed by atoms with Gasteiger partial charge in [-0.2, -0.15) is 0 Å². The minimum absolute atomic E-state index is 0.250. The zero-order valence-corrected chi connectivity index (χ0v) is 7.34. The lowest BCUT2D eigenvalue weighted by atomic mass is 10.0. The van der Waals surface area contributed by atoms with E-state index in [-0.39, 0.29) is 6.61 Å². The quantitative estimate of drug-likeness (QED) is 0.550. The monoisotopic (exact) mass is 157 g/mol. The highest BCUT2D eigenvalue weighted by Gasteiger charge is 2.30. The van der Waals surface area contributed by atoms with Crippen LogP contribution in [-0.2, 0) is 0 Å². The predicted molar refractivity (Wildman–Crippen MR) is 46.5 cm³/mol. The van der Waals surface area contributed by atoms with Gasteiger partial charge in [0.05, 0.1) is 0 Å². The maximum Gasteiger partial charge on any atom is 0.0402 e. The first-order chi connectivity index (χ1) is 5.38. The molecule has 1 saturated heterocycles. The molecule has 0 aromatic heterocycles. The first-order valence-corrected chi connectivity index (χ1v) is 4.70. The number of hydrogen-bond donors (Lipinski definition) is 2. The average Bonchev–Trinajstić information content (AvgIpc) is 2.44. The van der Waals surface area contributed by atoms with Crippen molar-refractivity contribution in [1.29, 1.82) is 0 Å².